The third-order valence-corrected chi connectivity index (χ3v) is 11.3. The summed E-state index contributed by atoms with van der Waals surface area (Å²) in [4.78, 5) is 0. The molecule has 1 aromatic heterocycles. The molecule has 0 spiro atoms. The third-order valence-electron chi connectivity index (χ3n) is 6.35. The minimum Gasteiger partial charge on any atom is -0.135 e. The Bertz CT molecular complexity index is 1440. The van der Waals surface area contributed by atoms with E-state index in [0.29, 0.717) is 0 Å². The molecule has 0 atom stereocenters. The van der Waals surface area contributed by atoms with E-state index >= 15 is 0 Å². The Kier molecular flexibility index (Phi) is 3.65. The summed E-state index contributed by atoms with van der Waals surface area (Å²) in [6.45, 7) is 4.95. The van der Waals surface area contributed by atoms with Crippen molar-refractivity contribution in [1.82, 2.24) is 0 Å². The van der Waals surface area contributed by atoms with Gasteiger partial charge in [0.05, 0.1) is 0 Å². The molecule has 1 aliphatic rings. The monoisotopic (exact) mass is 426 g/mol. The maximum atomic E-state index is 6.35. The van der Waals surface area contributed by atoms with Crippen LogP contribution in [0.1, 0.15) is 0 Å². The van der Waals surface area contributed by atoms with Crippen LogP contribution >= 0.6 is 22.9 Å². The van der Waals surface area contributed by atoms with E-state index in [4.69, 9.17) is 11.6 Å². The fourth-order valence-electron chi connectivity index (χ4n) is 4.91. The van der Waals surface area contributed by atoms with Crippen LogP contribution in [0.4, 0.5) is 0 Å². The number of thiophene rings is 1. The number of rotatable bonds is 1. The zero-order valence-corrected chi connectivity index (χ0v) is 18.9. The van der Waals surface area contributed by atoms with Crippen molar-refractivity contribution in [3.63, 3.8) is 0 Å². The highest BCUT2D eigenvalue weighted by atomic mass is 35.5. The van der Waals surface area contributed by atoms with Crippen LogP contribution < -0.4 is 10.4 Å². The van der Waals surface area contributed by atoms with Gasteiger partial charge in [0, 0.05) is 25.2 Å². The fraction of sp³-hybridized carbons (Fsp3) is 0.0769. The molecule has 0 saturated heterocycles. The van der Waals surface area contributed by atoms with Crippen LogP contribution in [0.3, 0.4) is 0 Å². The molecule has 0 aliphatic carbocycles. The summed E-state index contributed by atoms with van der Waals surface area (Å²) in [5.41, 5.74) is 5.46. The molecule has 4 aromatic carbocycles. The molecule has 140 valence electrons. The van der Waals surface area contributed by atoms with Gasteiger partial charge in [0.25, 0.3) is 0 Å². The van der Waals surface area contributed by atoms with Gasteiger partial charge in [-0.25, -0.2) is 0 Å². The van der Waals surface area contributed by atoms with E-state index in [9.17, 15) is 0 Å². The summed E-state index contributed by atoms with van der Waals surface area (Å²) < 4.78 is 2.61. The number of halogens is 1. The molecule has 6 rings (SSSR count). The van der Waals surface area contributed by atoms with E-state index < -0.39 is 8.07 Å². The molecule has 2 heterocycles. The second-order valence-corrected chi connectivity index (χ2v) is 14.2. The van der Waals surface area contributed by atoms with Crippen molar-refractivity contribution >= 4 is 61.6 Å². The first-order chi connectivity index (χ1) is 14.0. The Balaban J connectivity index is 1.64. The average Bonchev–Trinajstić information content (AvgIpc) is 3.21. The summed E-state index contributed by atoms with van der Waals surface area (Å²) in [6.07, 6.45) is 0. The molecule has 0 unspecified atom stereocenters. The second kappa shape index (κ2) is 6.05. The molecule has 0 radical (unpaired) electrons. The standard InChI is InChI=1S/C26H19ClSSi/c1-29(2)24-9-4-3-6-19(24)20-12-10-16(14-25(20)29)18-7-5-8-23-26(18)21-15-17(27)11-13-22(21)28-23/h3-15H,1-2H3. The molecule has 0 amide bonds. The van der Waals surface area contributed by atoms with E-state index in [1.807, 2.05) is 17.4 Å². The van der Waals surface area contributed by atoms with E-state index in [1.165, 1.54) is 42.4 Å². The van der Waals surface area contributed by atoms with Crippen LogP contribution in [0.15, 0.2) is 78.9 Å². The van der Waals surface area contributed by atoms with Gasteiger partial charge in [0.1, 0.15) is 8.07 Å². The minimum absolute atomic E-state index is 0.796. The molecule has 0 nitrogen and oxygen atoms in total. The molecular formula is C26H19ClSSi. The molecule has 29 heavy (non-hydrogen) atoms. The summed E-state index contributed by atoms with van der Waals surface area (Å²) in [5.74, 6) is 0. The van der Waals surface area contributed by atoms with Gasteiger partial charge >= 0.3 is 0 Å². The van der Waals surface area contributed by atoms with Crippen LogP contribution in [-0.4, -0.2) is 8.07 Å². The van der Waals surface area contributed by atoms with Crippen molar-refractivity contribution < 1.29 is 0 Å². The van der Waals surface area contributed by atoms with Crippen LogP contribution in [0.5, 0.6) is 0 Å². The summed E-state index contributed by atoms with van der Waals surface area (Å²) in [6, 6.07) is 29.0. The number of fused-ring (bicyclic) bond motifs is 6. The molecule has 0 N–H and O–H groups in total. The van der Waals surface area contributed by atoms with Gasteiger partial charge in [-0.05, 0) is 56.9 Å². The van der Waals surface area contributed by atoms with Gasteiger partial charge in [-0.15, -0.1) is 11.3 Å². The van der Waals surface area contributed by atoms with E-state index in [-0.39, 0.29) is 0 Å². The van der Waals surface area contributed by atoms with E-state index in [0.717, 1.165) is 5.02 Å². The van der Waals surface area contributed by atoms with Gasteiger partial charge < -0.3 is 0 Å². The lowest BCUT2D eigenvalue weighted by molar-refractivity contribution is 1.68. The Morgan fingerprint density at radius 3 is 2.38 bits per heavy atom. The highest BCUT2D eigenvalue weighted by molar-refractivity contribution is 7.26. The third kappa shape index (κ3) is 2.43. The van der Waals surface area contributed by atoms with Gasteiger partial charge in [-0.1, -0.05) is 79.3 Å². The average molecular weight is 427 g/mol. The summed E-state index contributed by atoms with van der Waals surface area (Å²) in [5, 5.41) is 6.48. The van der Waals surface area contributed by atoms with Crippen molar-refractivity contribution in [2.45, 2.75) is 13.1 Å². The number of hydrogen-bond acceptors (Lipinski definition) is 1. The summed E-state index contributed by atoms with van der Waals surface area (Å²) >= 11 is 8.19. The van der Waals surface area contributed by atoms with Crippen LogP contribution in [-0.2, 0) is 0 Å². The highest BCUT2D eigenvalue weighted by Gasteiger charge is 2.37. The van der Waals surface area contributed by atoms with Crippen molar-refractivity contribution in [3.8, 4) is 22.3 Å². The lowest BCUT2D eigenvalue weighted by Crippen LogP contribution is -2.49. The predicted octanol–water partition coefficient (Wildman–Crippen LogP) is 7.18. The Morgan fingerprint density at radius 1 is 0.690 bits per heavy atom. The molecular weight excluding hydrogens is 408 g/mol. The molecule has 0 fully saturated rings. The predicted molar refractivity (Wildman–Crippen MR) is 132 cm³/mol. The van der Waals surface area contributed by atoms with Crippen molar-refractivity contribution in [1.29, 1.82) is 0 Å². The topological polar surface area (TPSA) is 0 Å². The maximum absolute atomic E-state index is 6.35. The fourth-order valence-corrected chi connectivity index (χ4v) is 9.30. The van der Waals surface area contributed by atoms with E-state index in [1.54, 1.807) is 10.4 Å². The maximum Gasteiger partial charge on any atom is 0.113 e. The first-order valence-corrected chi connectivity index (χ1v) is 14.1. The Hall–Kier alpha value is -2.39. The Labute approximate surface area is 180 Å². The second-order valence-electron chi connectivity index (χ2n) is 8.35. The first kappa shape index (κ1) is 17.5. The van der Waals surface area contributed by atoms with Gasteiger partial charge in [0.15, 0.2) is 0 Å². The van der Waals surface area contributed by atoms with Crippen LogP contribution in [0.2, 0.25) is 18.1 Å². The quantitative estimate of drug-likeness (QED) is 0.249. The highest BCUT2D eigenvalue weighted by Crippen LogP contribution is 2.41. The molecule has 5 aromatic rings. The van der Waals surface area contributed by atoms with Gasteiger partial charge in [0.2, 0.25) is 0 Å². The van der Waals surface area contributed by atoms with Crippen LogP contribution in [0.25, 0.3) is 42.4 Å². The first-order valence-electron chi connectivity index (χ1n) is 9.89. The molecule has 0 bridgehead atoms. The van der Waals surface area contributed by atoms with Gasteiger partial charge in [-0.2, -0.15) is 0 Å². The lowest BCUT2D eigenvalue weighted by atomic mass is 9.97. The van der Waals surface area contributed by atoms with Gasteiger partial charge in [-0.3, -0.25) is 0 Å². The SMILES string of the molecule is C[Si]1(C)c2ccccc2-c2ccc(-c3cccc4sc5ccc(Cl)cc5c34)cc21. The molecule has 0 saturated carbocycles. The number of benzene rings is 4. The number of hydrogen-bond donors (Lipinski definition) is 0. The minimum atomic E-state index is -1.68. The summed E-state index contributed by atoms with van der Waals surface area (Å²) in [7, 11) is -1.68. The van der Waals surface area contributed by atoms with E-state index in [2.05, 4.69) is 85.9 Å². The molecule has 3 heteroatoms. The van der Waals surface area contributed by atoms with Crippen LogP contribution in [0, 0.1) is 0 Å². The van der Waals surface area contributed by atoms with Crippen molar-refractivity contribution in [2.75, 3.05) is 0 Å². The zero-order valence-electron chi connectivity index (χ0n) is 16.3. The normalized spacial score (nSPS) is 14.3. The van der Waals surface area contributed by atoms with Crippen molar-refractivity contribution in [3.05, 3.63) is 83.9 Å². The Morgan fingerprint density at radius 2 is 1.48 bits per heavy atom. The van der Waals surface area contributed by atoms with Crippen molar-refractivity contribution in [2.24, 2.45) is 0 Å². The lowest BCUT2D eigenvalue weighted by Gasteiger charge is -2.19. The molecule has 1 aliphatic heterocycles. The smallest absolute Gasteiger partial charge is 0.113 e. The zero-order chi connectivity index (χ0) is 19.8. The largest absolute Gasteiger partial charge is 0.135 e.